The largest absolute Gasteiger partial charge is 0.484 e. The number of ether oxygens (including phenoxy) is 1. The number of amides is 3. The Morgan fingerprint density at radius 1 is 1.11 bits per heavy atom. The molecular weight excluding hydrogens is 460 g/mol. The van der Waals surface area contributed by atoms with Crippen molar-refractivity contribution >= 4 is 29.2 Å². The molecule has 13 heteroatoms. The summed E-state index contributed by atoms with van der Waals surface area (Å²) in [5, 5.41) is 16.1. The predicted molar refractivity (Wildman–Crippen MR) is 123 cm³/mol. The Bertz CT molecular complexity index is 1060. The summed E-state index contributed by atoms with van der Waals surface area (Å²) < 4.78 is 5.37. The fraction of sp³-hybridized carbons (Fsp3) is 0.364. The molecule has 1 aliphatic carbocycles. The van der Waals surface area contributed by atoms with Gasteiger partial charge in [0.15, 0.2) is 12.4 Å². The topological polar surface area (TPSA) is 176 Å². The summed E-state index contributed by atoms with van der Waals surface area (Å²) in [4.78, 5) is 68.0. The van der Waals surface area contributed by atoms with Crippen molar-refractivity contribution in [1.29, 1.82) is 0 Å². The Labute approximate surface area is 200 Å². The van der Waals surface area contributed by atoms with E-state index in [1.54, 1.807) is 61.6 Å². The van der Waals surface area contributed by atoms with Gasteiger partial charge in [0.2, 0.25) is 0 Å². The molecule has 0 heterocycles. The zero-order valence-corrected chi connectivity index (χ0v) is 19.1. The van der Waals surface area contributed by atoms with Crippen LogP contribution in [0.1, 0.15) is 29.6 Å². The normalized spacial score (nSPS) is 15.6. The summed E-state index contributed by atoms with van der Waals surface area (Å²) >= 11 is 0. The Balaban J connectivity index is 1.85. The van der Waals surface area contributed by atoms with Gasteiger partial charge in [0, 0.05) is 42.4 Å². The van der Waals surface area contributed by atoms with E-state index in [0.29, 0.717) is 23.4 Å². The maximum Gasteiger partial charge on any atom is 0.308 e. The Morgan fingerprint density at radius 3 is 2.40 bits per heavy atom. The van der Waals surface area contributed by atoms with Crippen molar-refractivity contribution < 1.29 is 23.9 Å². The number of rotatable bonds is 12. The first-order valence-corrected chi connectivity index (χ1v) is 10.5. The highest BCUT2D eigenvalue weighted by atomic mass is 16.5. The molecule has 1 aromatic rings. The first kappa shape index (κ1) is 26.8. The van der Waals surface area contributed by atoms with Crippen molar-refractivity contribution in [2.45, 2.75) is 25.3 Å². The molecule has 3 amide bonds. The van der Waals surface area contributed by atoms with Crippen LogP contribution in [0.25, 0.3) is 0 Å². The predicted octanol–water partition coefficient (Wildman–Crippen LogP) is 2.76. The number of carbonyl (C=O) groups excluding carboxylic acids is 4. The van der Waals surface area contributed by atoms with Crippen LogP contribution < -0.4 is 5.32 Å². The van der Waals surface area contributed by atoms with Gasteiger partial charge in [-0.15, -0.1) is 14.9 Å². The second kappa shape index (κ2) is 13.3. The Kier molecular flexibility index (Phi) is 10.2. The molecule has 184 valence electrons. The minimum Gasteiger partial charge on any atom is -0.484 e. The molecule has 35 heavy (non-hydrogen) atoms. The van der Waals surface area contributed by atoms with Crippen molar-refractivity contribution in [3.63, 3.8) is 0 Å². The minimum absolute atomic E-state index is 0.0903. The molecule has 1 aromatic carbocycles. The Morgan fingerprint density at radius 2 is 1.83 bits per heavy atom. The van der Waals surface area contributed by atoms with E-state index in [2.05, 4.69) is 26.0 Å². The van der Waals surface area contributed by atoms with Crippen molar-refractivity contribution in [1.82, 2.24) is 10.3 Å². The van der Waals surface area contributed by atoms with Crippen LogP contribution in [-0.2, 0) is 19.1 Å². The van der Waals surface area contributed by atoms with E-state index >= 15 is 0 Å². The van der Waals surface area contributed by atoms with Crippen LogP contribution in [0.5, 0.6) is 0 Å². The highest BCUT2D eigenvalue weighted by Gasteiger charge is 2.24. The number of ketones is 1. The van der Waals surface area contributed by atoms with Gasteiger partial charge in [-0.1, -0.05) is 11.3 Å². The second-order valence-corrected chi connectivity index (χ2v) is 7.62. The van der Waals surface area contributed by atoms with Crippen molar-refractivity contribution in [3.8, 4) is 0 Å². The van der Waals surface area contributed by atoms with Crippen molar-refractivity contribution in [3.05, 3.63) is 63.6 Å². The maximum absolute atomic E-state index is 12.7. The molecule has 0 saturated carbocycles. The standard InChI is InChI=1S/C22H24N6O7/c1-28(2)27-24-16-7-3-14(4-8-16)21(31)15-5-9-17(10-6-15)35-13-20(30)23-18(22(32)26-34)11-12-19(29)25-33/h3-5,7-10,15,18H,6,11-13H2,1-2H3,(H,23,30). The fourth-order valence-electron chi connectivity index (χ4n) is 2.97. The van der Waals surface area contributed by atoms with Gasteiger partial charge in [0.1, 0.15) is 11.8 Å². The number of nitrogens with one attached hydrogen (secondary N) is 1. The molecule has 0 radical (unpaired) electrons. The monoisotopic (exact) mass is 484 g/mol. The van der Waals surface area contributed by atoms with Crippen molar-refractivity contribution in [2.75, 3.05) is 20.7 Å². The van der Waals surface area contributed by atoms with Crippen LogP contribution in [0.3, 0.4) is 0 Å². The summed E-state index contributed by atoms with van der Waals surface area (Å²) in [5.74, 6) is -3.10. The third-order valence-corrected chi connectivity index (χ3v) is 4.74. The van der Waals surface area contributed by atoms with Gasteiger partial charge < -0.3 is 10.1 Å². The molecular formula is C22H24N6O7. The molecule has 2 rings (SSSR count). The number of nitroso groups, excluding NO2 is 2. The molecule has 2 atom stereocenters. The molecule has 13 nitrogen and oxygen atoms in total. The number of Topliss-reactive ketones (excluding diaryl/α,β-unsaturated/α-hetero) is 1. The van der Waals surface area contributed by atoms with E-state index in [0.717, 1.165) is 0 Å². The lowest BCUT2D eigenvalue weighted by atomic mass is 9.91. The first-order valence-electron chi connectivity index (χ1n) is 10.5. The van der Waals surface area contributed by atoms with Crippen LogP contribution in [-0.4, -0.2) is 55.3 Å². The highest BCUT2D eigenvalue weighted by molar-refractivity contribution is 5.99. The van der Waals surface area contributed by atoms with E-state index in [9.17, 15) is 29.0 Å². The van der Waals surface area contributed by atoms with Crippen molar-refractivity contribution in [2.24, 2.45) is 26.6 Å². The third-order valence-electron chi connectivity index (χ3n) is 4.74. The zero-order chi connectivity index (χ0) is 25.8. The minimum atomic E-state index is -1.37. The molecule has 1 N–H and O–H groups in total. The highest BCUT2D eigenvalue weighted by Crippen LogP contribution is 2.23. The van der Waals surface area contributed by atoms with Gasteiger partial charge in [-0.3, -0.25) is 24.2 Å². The fourth-order valence-corrected chi connectivity index (χ4v) is 2.97. The lowest BCUT2D eigenvalue weighted by molar-refractivity contribution is -0.129. The zero-order valence-electron chi connectivity index (χ0n) is 19.1. The quantitative estimate of drug-likeness (QED) is 0.204. The summed E-state index contributed by atoms with van der Waals surface area (Å²) in [6.07, 6.45) is 4.50. The van der Waals surface area contributed by atoms with Gasteiger partial charge in [-0.25, -0.2) is 0 Å². The van der Waals surface area contributed by atoms with Crippen LogP contribution in [0.2, 0.25) is 0 Å². The average molecular weight is 484 g/mol. The summed E-state index contributed by atoms with van der Waals surface area (Å²) in [7, 11) is 3.49. The van der Waals surface area contributed by atoms with Gasteiger partial charge in [0.25, 0.3) is 11.8 Å². The van der Waals surface area contributed by atoms with E-state index < -0.39 is 42.7 Å². The molecule has 2 unspecified atom stereocenters. The van der Waals surface area contributed by atoms with Gasteiger partial charge in [0.05, 0.1) is 5.69 Å². The molecule has 0 aromatic heterocycles. The summed E-state index contributed by atoms with van der Waals surface area (Å²) in [5.41, 5.74) is 1.13. The maximum atomic E-state index is 12.7. The second-order valence-electron chi connectivity index (χ2n) is 7.62. The van der Waals surface area contributed by atoms with E-state index in [-0.39, 0.29) is 12.2 Å². The average Bonchev–Trinajstić information content (AvgIpc) is 2.88. The lowest BCUT2D eigenvalue weighted by Crippen LogP contribution is -2.42. The van der Waals surface area contributed by atoms with Crippen LogP contribution in [0.4, 0.5) is 5.69 Å². The van der Waals surface area contributed by atoms with Gasteiger partial charge >= 0.3 is 5.91 Å². The van der Waals surface area contributed by atoms with E-state index in [4.69, 9.17) is 4.74 Å². The first-order chi connectivity index (χ1) is 16.7. The molecule has 0 aliphatic heterocycles. The number of benzene rings is 1. The smallest absolute Gasteiger partial charge is 0.308 e. The number of allylic oxidation sites excluding steroid dienone is 3. The van der Waals surface area contributed by atoms with Crippen LogP contribution >= 0.6 is 0 Å². The molecule has 0 fully saturated rings. The molecule has 1 aliphatic rings. The van der Waals surface area contributed by atoms with Crippen LogP contribution in [0.15, 0.2) is 68.9 Å². The molecule has 0 bridgehead atoms. The van der Waals surface area contributed by atoms with E-state index in [1.807, 2.05) is 0 Å². The third kappa shape index (κ3) is 8.79. The number of hydrogen-bond acceptors (Lipinski definition) is 9. The van der Waals surface area contributed by atoms with Gasteiger partial charge in [-0.05, 0) is 49.3 Å². The molecule has 0 saturated heterocycles. The SMILES string of the molecule is CN(C)N=Nc1ccc(C(=O)C2C=CC(OCC(=O)NC(CCC(=O)N=O)C(=O)N=O)=CC2)cc1. The van der Waals surface area contributed by atoms with Gasteiger partial charge in [-0.2, -0.15) is 0 Å². The summed E-state index contributed by atoms with van der Waals surface area (Å²) in [6, 6.07) is 5.36. The Hall–Kier alpha value is -4.42. The molecule has 0 spiro atoms. The number of hydrogen-bond donors (Lipinski definition) is 1. The van der Waals surface area contributed by atoms with E-state index in [1.165, 1.54) is 0 Å². The number of carbonyl (C=O) groups is 4. The lowest BCUT2D eigenvalue weighted by Gasteiger charge is -2.17. The number of nitrogens with zero attached hydrogens (tertiary/aromatic N) is 5. The van der Waals surface area contributed by atoms with Crippen LogP contribution in [0, 0.1) is 15.7 Å². The summed E-state index contributed by atoms with van der Waals surface area (Å²) in [6.45, 7) is -0.486.